The van der Waals surface area contributed by atoms with Crippen LogP contribution in [0.5, 0.6) is 0 Å². The summed E-state index contributed by atoms with van der Waals surface area (Å²) >= 11 is 0. The van der Waals surface area contributed by atoms with Crippen LogP contribution in [0.2, 0.25) is 0 Å². The molecular weight excluding hydrogens is 260 g/mol. The summed E-state index contributed by atoms with van der Waals surface area (Å²) in [7, 11) is -3.49. The zero-order valence-corrected chi connectivity index (χ0v) is 11.8. The van der Waals surface area contributed by atoms with Crippen molar-refractivity contribution in [3.8, 4) is 12.3 Å². The van der Waals surface area contributed by atoms with Crippen LogP contribution in [0.4, 0.5) is 5.69 Å². The van der Waals surface area contributed by atoms with Crippen molar-refractivity contribution >= 4 is 15.7 Å². The molecule has 2 rings (SSSR count). The molecule has 5 heteroatoms. The molecule has 0 aliphatic carbocycles. The summed E-state index contributed by atoms with van der Waals surface area (Å²) in [5.41, 5.74) is 2.08. The predicted octanol–water partition coefficient (Wildman–Crippen LogP) is 1.73. The number of sulfonamides is 1. The molecule has 2 N–H and O–H groups in total. The van der Waals surface area contributed by atoms with Crippen molar-refractivity contribution in [2.45, 2.75) is 37.1 Å². The average molecular weight is 278 g/mol. The lowest BCUT2D eigenvalue weighted by atomic mass is 10.0. The minimum atomic E-state index is -3.49. The molecule has 102 valence electrons. The van der Waals surface area contributed by atoms with E-state index in [0.717, 1.165) is 30.6 Å². The van der Waals surface area contributed by atoms with Crippen LogP contribution in [0.15, 0.2) is 23.1 Å². The summed E-state index contributed by atoms with van der Waals surface area (Å²) in [4.78, 5) is 0.304. The summed E-state index contributed by atoms with van der Waals surface area (Å²) < 4.78 is 27.0. The van der Waals surface area contributed by atoms with Crippen molar-refractivity contribution in [2.75, 3.05) is 11.9 Å². The maximum Gasteiger partial charge on any atom is 0.240 e. The number of anilines is 1. The molecule has 1 unspecified atom stereocenters. The highest BCUT2D eigenvalue weighted by Crippen LogP contribution is 2.24. The number of benzene rings is 1. The third-order valence-corrected chi connectivity index (χ3v) is 4.69. The van der Waals surface area contributed by atoms with Crippen LogP contribution >= 0.6 is 0 Å². The zero-order valence-electron chi connectivity index (χ0n) is 10.9. The van der Waals surface area contributed by atoms with Crippen LogP contribution < -0.4 is 10.0 Å². The third kappa shape index (κ3) is 3.28. The van der Waals surface area contributed by atoms with Crippen LogP contribution in [-0.4, -0.2) is 21.0 Å². The Morgan fingerprint density at radius 2 is 2.32 bits per heavy atom. The zero-order chi connectivity index (χ0) is 13.9. The van der Waals surface area contributed by atoms with Gasteiger partial charge in [0.25, 0.3) is 0 Å². The van der Waals surface area contributed by atoms with E-state index in [0.29, 0.717) is 11.3 Å². The largest absolute Gasteiger partial charge is 0.385 e. The van der Waals surface area contributed by atoms with Gasteiger partial charge in [0.1, 0.15) is 0 Å². The van der Waals surface area contributed by atoms with E-state index in [4.69, 9.17) is 6.42 Å². The van der Waals surface area contributed by atoms with E-state index in [1.807, 2.05) is 6.07 Å². The normalized spacial score (nSPS) is 16.0. The van der Waals surface area contributed by atoms with Crippen molar-refractivity contribution < 1.29 is 8.42 Å². The van der Waals surface area contributed by atoms with Gasteiger partial charge < -0.3 is 5.32 Å². The van der Waals surface area contributed by atoms with E-state index < -0.39 is 10.0 Å². The molecule has 1 heterocycles. The maximum atomic E-state index is 12.2. The van der Waals surface area contributed by atoms with E-state index in [1.54, 1.807) is 19.1 Å². The first-order valence-electron chi connectivity index (χ1n) is 6.35. The maximum absolute atomic E-state index is 12.2. The van der Waals surface area contributed by atoms with Gasteiger partial charge in [0, 0.05) is 24.7 Å². The number of rotatable bonds is 4. The molecule has 0 fully saturated rings. The van der Waals surface area contributed by atoms with Gasteiger partial charge in [0.15, 0.2) is 0 Å². The monoisotopic (exact) mass is 278 g/mol. The Morgan fingerprint density at radius 1 is 1.53 bits per heavy atom. The molecule has 0 radical (unpaired) electrons. The second-order valence-electron chi connectivity index (χ2n) is 4.78. The standard InChI is InChI=1S/C14H18N2O2S/c1-3-5-11(2)16-19(17,18)13-7-8-14-12(10-13)6-4-9-15-14/h1,7-8,10-11,15-16H,4-6,9H2,2H3. The molecular formula is C14H18N2O2S. The summed E-state index contributed by atoms with van der Waals surface area (Å²) in [6, 6.07) is 4.94. The van der Waals surface area contributed by atoms with Gasteiger partial charge in [0.05, 0.1) is 4.90 Å². The van der Waals surface area contributed by atoms with Crippen molar-refractivity contribution in [1.29, 1.82) is 0 Å². The molecule has 1 aliphatic rings. The first-order valence-corrected chi connectivity index (χ1v) is 7.84. The first-order chi connectivity index (χ1) is 9.03. The lowest BCUT2D eigenvalue weighted by Crippen LogP contribution is -2.32. The Kier molecular flexibility index (Phi) is 4.13. The summed E-state index contributed by atoms with van der Waals surface area (Å²) in [5.74, 6) is 2.45. The highest BCUT2D eigenvalue weighted by atomic mass is 32.2. The van der Waals surface area contributed by atoms with Crippen molar-refractivity contribution in [2.24, 2.45) is 0 Å². The van der Waals surface area contributed by atoms with Crippen LogP contribution in [0.1, 0.15) is 25.3 Å². The van der Waals surface area contributed by atoms with Gasteiger partial charge in [-0.1, -0.05) is 0 Å². The number of hydrogen-bond acceptors (Lipinski definition) is 3. The molecule has 0 saturated carbocycles. The van der Waals surface area contributed by atoms with Gasteiger partial charge in [-0.2, -0.15) is 0 Å². The average Bonchev–Trinajstić information content (AvgIpc) is 2.37. The number of hydrogen-bond donors (Lipinski definition) is 2. The van der Waals surface area contributed by atoms with E-state index in [9.17, 15) is 8.42 Å². The molecule has 1 atom stereocenters. The van der Waals surface area contributed by atoms with E-state index in [2.05, 4.69) is 16.0 Å². The Bertz CT molecular complexity index is 602. The van der Waals surface area contributed by atoms with E-state index >= 15 is 0 Å². The van der Waals surface area contributed by atoms with Crippen molar-refractivity contribution in [3.05, 3.63) is 23.8 Å². The van der Waals surface area contributed by atoms with Crippen LogP contribution in [0.25, 0.3) is 0 Å². The Morgan fingerprint density at radius 3 is 3.05 bits per heavy atom. The quantitative estimate of drug-likeness (QED) is 0.825. The predicted molar refractivity (Wildman–Crippen MR) is 76.5 cm³/mol. The molecule has 0 saturated heterocycles. The molecule has 0 amide bonds. The van der Waals surface area contributed by atoms with Crippen molar-refractivity contribution in [3.63, 3.8) is 0 Å². The van der Waals surface area contributed by atoms with Gasteiger partial charge in [0.2, 0.25) is 10.0 Å². The highest BCUT2D eigenvalue weighted by Gasteiger charge is 2.19. The summed E-state index contributed by atoms with van der Waals surface area (Å²) in [6.45, 7) is 2.70. The number of aryl methyl sites for hydroxylation is 1. The van der Waals surface area contributed by atoms with Crippen LogP contribution in [-0.2, 0) is 16.4 Å². The van der Waals surface area contributed by atoms with Gasteiger partial charge in [-0.3, -0.25) is 0 Å². The number of nitrogens with one attached hydrogen (secondary N) is 2. The molecule has 1 aliphatic heterocycles. The topological polar surface area (TPSA) is 58.2 Å². The lowest BCUT2D eigenvalue weighted by Gasteiger charge is -2.19. The van der Waals surface area contributed by atoms with Gasteiger partial charge in [-0.05, 0) is 43.5 Å². The Labute approximate surface area is 114 Å². The summed E-state index contributed by atoms with van der Waals surface area (Å²) in [6.07, 6.45) is 7.50. The Balaban J connectivity index is 2.23. The van der Waals surface area contributed by atoms with Crippen LogP contribution in [0, 0.1) is 12.3 Å². The molecule has 0 aromatic heterocycles. The minimum absolute atomic E-state index is 0.260. The van der Waals surface area contributed by atoms with E-state index in [1.165, 1.54) is 0 Å². The van der Waals surface area contributed by atoms with Gasteiger partial charge in [-0.25, -0.2) is 13.1 Å². The van der Waals surface area contributed by atoms with Crippen molar-refractivity contribution in [1.82, 2.24) is 4.72 Å². The number of fused-ring (bicyclic) bond motifs is 1. The van der Waals surface area contributed by atoms with E-state index in [-0.39, 0.29) is 6.04 Å². The fourth-order valence-corrected chi connectivity index (χ4v) is 3.46. The molecule has 0 spiro atoms. The smallest absolute Gasteiger partial charge is 0.240 e. The van der Waals surface area contributed by atoms with Crippen LogP contribution in [0.3, 0.4) is 0 Å². The minimum Gasteiger partial charge on any atom is -0.385 e. The molecule has 19 heavy (non-hydrogen) atoms. The first kappa shape index (κ1) is 13.9. The molecule has 4 nitrogen and oxygen atoms in total. The van der Waals surface area contributed by atoms with Gasteiger partial charge in [-0.15, -0.1) is 12.3 Å². The fourth-order valence-electron chi connectivity index (χ4n) is 2.17. The lowest BCUT2D eigenvalue weighted by molar-refractivity contribution is 0.563. The van der Waals surface area contributed by atoms with Gasteiger partial charge >= 0.3 is 0 Å². The number of terminal acetylenes is 1. The molecule has 1 aromatic rings. The molecule has 0 bridgehead atoms. The third-order valence-electron chi connectivity index (χ3n) is 3.11. The fraction of sp³-hybridized carbons (Fsp3) is 0.429. The Hall–Kier alpha value is -1.51. The second-order valence-corrected chi connectivity index (χ2v) is 6.49. The molecule has 1 aromatic carbocycles. The highest BCUT2D eigenvalue weighted by molar-refractivity contribution is 7.89. The summed E-state index contributed by atoms with van der Waals surface area (Å²) in [5, 5.41) is 3.26. The SMILES string of the molecule is C#CCC(C)NS(=O)(=O)c1ccc2c(c1)CCCN2. The second kappa shape index (κ2) is 5.64.